The minimum Gasteiger partial charge on any atom is -0.480 e. The maximum absolute atomic E-state index is 13.3. The molecule has 1 aromatic rings. The van der Waals surface area contributed by atoms with E-state index >= 15 is 0 Å². The third kappa shape index (κ3) is 14.7. The molecule has 2 rings (SSSR count). The third-order valence-corrected chi connectivity index (χ3v) is 7.44. The second-order valence-corrected chi connectivity index (χ2v) is 10.6. The number of carboxylic acids is 1. The van der Waals surface area contributed by atoms with Crippen molar-refractivity contribution in [2.45, 2.75) is 32.7 Å². The first kappa shape index (κ1) is 35.9. The Morgan fingerprint density at radius 1 is 0.952 bits per heavy atom. The Balaban J connectivity index is 2.10. The van der Waals surface area contributed by atoms with Gasteiger partial charge in [0, 0.05) is 85.6 Å². The van der Waals surface area contributed by atoms with Crippen molar-refractivity contribution in [1.82, 2.24) is 30.2 Å². The summed E-state index contributed by atoms with van der Waals surface area (Å²) in [6.45, 7) is 11.3. The maximum Gasteiger partial charge on any atom is 0.317 e. The average molecular weight is 609 g/mol. The molecular formula is C29H49N6O6P. The lowest BCUT2D eigenvalue weighted by atomic mass is 10.0. The first-order chi connectivity index (χ1) is 20.2. The van der Waals surface area contributed by atoms with Crippen LogP contribution in [0.25, 0.3) is 0 Å². The van der Waals surface area contributed by atoms with Crippen molar-refractivity contribution in [2.75, 3.05) is 91.8 Å². The fraction of sp³-hybridized carbons (Fsp3) is 0.655. The molecule has 2 radical (unpaired) electrons. The molecule has 1 saturated heterocycles. The van der Waals surface area contributed by atoms with Crippen LogP contribution in [0.4, 0.5) is 0 Å². The summed E-state index contributed by atoms with van der Waals surface area (Å²) in [5, 5.41) is 15.3. The Labute approximate surface area is 253 Å². The van der Waals surface area contributed by atoms with Crippen LogP contribution < -0.4 is 15.2 Å². The summed E-state index contributed by atoms with van der Waals surface area (Å²) in [5.74, 6) is -0.741. The zero-order valence-corrected chi connectivity index (χ0v) is 26.3. The highest BCUT2D eigenvalue weighted by atomic mass is 31.0. The summed E-state index contributed by atoms with van der Waals surface area (Å²) in [7, 11) is 8.33. The number of likely N-dealkylation sites (N-methyl/N-ethyl adjacent to an activating group) is 1. The predicted octanol–water partition coefficient (Wildman–Crippen LogP) is 0.420. The highest BCUT2D eigenvalue weighted by molar-refractivity contribution is 7.10. The van der Waals surface area contributed by atoms with Gasteiger partial charge in [0.05, 0.1) is 22.6 Å². The topological polar surface area (TPSA) is 127 Å². The third-order valence-electron chi connectivity index (χ3n) is 7.16. The smallest absolute Gasteiger partial charge is 0.317 e. The highest BCUT2D eigenvalue weighted by Crippen LogP contribution is 2.15. The second kappa shape index (κ2) is 20.5. The predicted molar refractivity (Wildman–Crippen MR) is 165 cm³/mol. The van der Waals surface area contributed by atoms with Gasteiger partial charge in [-0.1, -0.05) is 19.1 Å². The number of carbonyl (C=O) groups is 3. The standard InChI is InChI=1S/C29H49N6O6P/c1-4-33-14-12-32(3)13-15-35(23-28(37)38)19-18-34(17-16-33)22-27(36)31-26(29(39)30-11-6-20-40-5-2)21-24-7-9-25(41-42)10-8-24/h3,7-10,26H,4-6,11-23,42H2,1-2H3,(H,30,39)(H,31,36)(H,37,38)/t26-/m1/s1. The average Bonchev–Trinajstić information content (AvgIpc) is 2.97. The van der Waals surface area contributed by atoms with Gasteiger partial charge in [0.1, 0.15) is 11.8 Å². The second-order valence-electron chi connectivity index (χ2n) is 10.3. The van der Waals surface area contributed by atoms with E-state index < -0.39 is 12.0 Å². The number of nitrogens with zero attached hydrogens (tertiary/aromatic N) is 4. The van der Waals surface area contributed by atoms with Crippen LogP contribution in [0.15, 0.2) is 24.3 Å². The molecule has 1 fully saturated rings. The molecule has 0 saturated carbocycles. The number of hydrogen-bond donors (Lipinski definition) is 3. The van der Waals surface area contributed by atoms with Gasteiger partial charge in [0.2, 0.25) is 11.8 Å². The van der Waals surface area contributed by atoms with Gasteiger partial charge in [-0.05, 0) is 37.6 Å². The van der Waals surface area contributed by atoms with Crippen LogP contribution in [-0.2, 0) is 25.5 Å². The quantitative estimate of drug-likeness (QED) is 0.191. The van der Waals surface area contributed by atoms with Crippen LogP contribution >= 0.6 is 9.47 Å². The van der Waals surface area contributed by atoms with Crippen molar-refractivity contribution in [2.24, 2.45) is 0 Å². The molecule has 0 spiro atoms. The molecule has 42 heavy (non-hydrogen) atoms. The maximum atomic E-state index is 13.3. The van der Waals surface area contributed by atoms with Gasteiger partial charge in [-0.2, -0.15) is 0 Å². The SMILES string of the molecule is [CH]N1CCN(CC)CCN(CC(=O)N[C@H](Cc2ccc(OP)cc2)C(=O)NCCCOCC)CCN(CC(=O)O)CC1. The molecule has 236 valence electrons. The number of nitrogens with one attached hydrogen (secondary N) is 2. The van der Waals surface area contributed by atoms with Gasteiger partial charge >= 0.3 is 5.97 Å². The van der Waals surface area contributed by atoms with E-state index in [2.05, 4.69) is 31.9 Å². The van der Waals surface area contributed by atoms with Gasteiger partial charge in [0.15, 0.2) is 0 Å². The van der Waals surface area contributed by atoms with Gasteiger partial charge in [-0.3, -0.25) is 29.1 Å². The molecule has 0 aliphatic carbocycles. The lowest BCUT2D eigenvalue weighted by molar-refractivity contribution is -0.138. The van der Waals surface area contributed by atoms with Crippen molar-refractivity contribution in [3.05, 3.63) is 36.9 Å². The van der Waals surface area contributed by atoms with E-state index in [9.17, 15) is 19.5 Å². The van der Waals surface area contributed by atoms with Crippen molar-refractivity contribution < 1.29 is 28.8 Å². The zero-order valence-electron chi connectivity index (χ0n) is 25.1. The molecule has 1 aromatic carbocycles. The first-order valence-corrected chi connectivity index (χ1v) is 15.2. The number of carbonyl (C=O) groups excluding carboxylic acids is 2. The number of amides is 2. The van der Waals surface area contributed by atoms with E-state index in [1.54, 1.807) is 4.90 Å². The highest BCUT2D eigenvalue weighted by Gasteiger charge is 2.23. The minimum absolute atomic E-state index is 0.0927. The number of rotatable bonds is 15. The van der Waals surface area contributed by atoms with Crippen LogP contribution in [0, 0.1) is 7.05 Å². The molecule has 1 aliphatic heterocycles. The van der Waals surface area contributed by atoms with Crippen LogP contribution in [0.3, 0.4) is 0 Å². The molecule has 0 aromatic heterocycles. The molecule has 2 atom stereocenters. The Morgan fingerprint density at radius 3 is 2.14 bits per heavy atom. The lowest BCUT2D eigenvalue weighted by Gasteiger charge is -2.32. The Hall–Kier alpha value is -2.34. The van der Waals surface area contributed by atoms with Gasteiger partial charge < -0.3 is 29.9 Å². The van der Waals surface area contributed by atoms with Gasteiger partial charge in [-0.15, -0.1) is 0 Å². The fourth-order valence-corrected chi connectivity index (χ4v) is 4.78. The molecule has 2 amide bonds. The van der Waals surface area contributed by atoms with Crippen LogP contribution in [-0.4, -0.2) is 140 Å². The largest absolute Gasteiger partial charge is 0.480 e. The molecule has 13 heteroatoms. The van der Waals surface area contributed by atoms with Crippen molar-refractivity contribution in [3.63, 3.8) is 0 Å². The van der Waals surface area contributed by atoms with E-state index in [0.717, 1.165) is 25.2 Å². The number of benzene rings is 1. The van der Waals surface area contributed by atoms with Gasteiger partial charge in [-0.25, -0.2) is 0 Å². The molecule has 0 bridgehead atoms. The zero-order chi connectivity index (χ0) is 30.7. The molecular weight excluding hydrogens is 559 g/mol. The van der Waals surface area contributed by atoms with Crippen LogP contribution in [0.5, 0.6) is 5.75 Å². The number of carboxylic acid groups (broad SMARTS) is 1. The van der Waals surface area contributed by atoms with Crippen molar-refractivity contribution in [1.29, 1.82) is 0 Å². The summed E-state index contributed by atoms with van der Waals surface area (Å²) in [6, 6.07) is 6.60. The Bertz CT molecular complexity index is 940. The summed E-state index contributed by atoms with van der Waals surface area (Å²) in [6.07, 6.45) is 1.00. The fourth-order valence-electron chi connectivity index (χ4n) is 4.62. The summed E-state index contributed by atoms with van der Waals surface area (Å²) < 4.78 is 10.5. The Kier molecular flexibility index (Phi) is 17.5. The normalized spacial score (nSPS) is 17.5. The minimum atomic E-state index is -0.903. The Morgan fingerprint density at radius 2 is 1.55 bits per heavy atom. The molecule has 1 aliphatic rings. The molecule has 1 unspecified atom stereocenters. The van der Waals surface area contributed by atoms with Crippen molar-refractivity contribution in [3.8, 4) is 5.75 Å². The van der Waals surface area contributed by atoms with E-state index in [1.807, 2.05) is 41.0 Å². The first-order valence-electron chi connectivity index (χ1n) is 14.7. The number of hydrogen-bond acceptors (Lipinski definition) is 9. The van der Waals surface area contributed by atoms with Crippen LogP contribution in [0.2, 0.25) is 0 Å². The van der Waals surface area contributed by atoms with E-state index in [1.165, 1.54) is 0 Å². The molecule has 1 heterocycles. The van der Waals surface area contributed by atoms with Gasteiger partial charge in [0.25, 0.3) is 0 Å². The summed E-state index contributed by atoms with van der Waals surface area (Å²) >= 11 is 0. The molecule has 12 nitrogen and oxygen atoms in total. The summed E-state index contributed by atoms with van der Waals surface area (Å²) in [5.41, 5.74) is 0.888. The monoisotopic (exact) mass is 608 g/mol. The van der Waals surface area contributed by atoms with Crippen LogP contribution in [0.1, 0.15) is 25.8 Å². The lowest BCUT2D eigenvalue weighted by Crippen LogP contribution is -2.52. The summed E-state index contributed by atoms with van der Waals surface area (Å²) in [4.78, 5) is 45.8. The number of aliphatic carboxylic acids is 1. The van der Waals surface area contributed by atoms with Crippen molar-refractivity contribution >= 4 is 27.3 Å². The van der Waals surface area contributed by atoms with E-state index in [-0.39, 0.29) is 24.9 Å². The number of ether oxygens (including phenoxy) is 1. The van der Waals surface area contributed by atoms with E-state index in [4.69, 9.17) is 16.3 Å². The van der Waals surface area contributed by atoms with E-state index in [0.29, 0.717) is 77.6 Å². The molecule has 3 N–H and O–H groups in total.